The average Bonchev–Trinajstić information content (AvgIpc) is 3.43. The summed E-state index contributed by atoms with van der Waals surface area (Å²) in [4.78, 5) is 19.2. The van der Waals surface area contributed by atoms with Crippen LogP contribution < -0.4 is 5.32 Å². The van der Waals surface area contributed by atoms with E-state index in [4.69, 9.17) is 0 Å². The normalized spacial score (nSPS) is 17.3. The van der Waals surface area contributed by atoms with E-state index >= 15 is 0 Å². The van der Waals surface area contributed by atoms with Crippen LogP contribution in [0.5, 0.6) is 0 Å². The van der Waals surface area contributed by atoms with Gasteiger partial charge >= 0.3 is 0 Å². The lowest BCUT2D eigenvalue weighted by atomic mass is 9.96. The number of fused-ring (bicyclic) bond motifs is 1. The summed E-state index contributed by atoms with van der Waals surface area (Å²) in [6.07, 6.45) is 3.02. The van der Waals surface area contributed by atoms with Crippen molar-refractivity contribution in [2.75, 3.05) is 25.5 Å². The predicted octanol–water partition coefficient (Wildman–Crippen LogP) is 4.78. The number of hydrogen-bond acceptors (Lipinski definition) is 7. The number of rotatable bonds is 6. The number of aromatic nitrogens is 5. The number of aryl methyl sites for hydroxylation is 1. The number of aliphatic hydroxyl groups is 1. The molecule has 1 aliphatic rings. The minimum atomic E-state index is -0.667. The molecule has 0 saturated carbocycles. The SMILES string of the molecule is Cc1nc2c(F)cc(-c3nc(Nc4ccc([C@H](O)[C@H]5CCN(C)C5)cn4)ncc3F)cc2n1C(C)C. The number of likely N-dealkylation sites (tertiary alicyclic amines) is 1. The first-order valence-electron chi connectivity index (χ1n) is 12.0. The fraction of sp³-hybridized carbons (Fsp3) is 0.385. The van der Waals surface area contributed by atoms with E-state index < -0.39 is 17.7 Å². The molecule has 8 nitrogen and oxygen atoms in total. The first-order valence-corrected chi connectivity index (χ1v) is 12.0. The lowest BCUT2D eigenvalue weighted by molar-refractivity contribution is 0.112. The first kappa shape index (κ1) is 24.2. The van der Waals surface area contributed by atoms with E-state index in [2.05, 4.69) is 30.2 Å². The van der Waals surface area contributed by atoms with Crippen LogP contribution in [0.15, 0.2) is 36.7 Å². The van der Waals surface area contributed by atoms with E-state index in [-0.39, 0.29) is 34.7 Å². The zero-order valence-corrected chi connectivity index (χ0v) is 20.7. The summed E-state index contributed by atoms with van der Waals surface area (Å²) in [5.74, 6) is 0.218. The Morgan fingerprint density at radius 1 is 1.08 bits per heavy atom. The molecule has 1 saturated heterocycles. The van der Waals surface area contributed by atoms with Gasteiger partial charge in [0.1, 0.15) is 22.9 Å². The zero-order chi connectivity index (χ0) is 25.6. The van der Waals surface area contributed by atoms with Crippen LogP contribution in [0.4, 0.5) is 20.5 Å². The number of nitrogens with zero attached hydrogens (tertiary/aromatic N) is 6. The molecule has 10 heteroatoms. The summed E-state index contributed by atoms with van der Waals surface area (Å²) in [5.41, 5.74) is 1.82. The van der Waals surface area contributed by atoms with Crippen LogP contribution in [0.3, 0.4) is 0 Å². The van der Waals surface area contributed by atoms with Crippen molar-refractivity contribution in [1.29, 1.82) is 0 Å². The van der Waals surface area contributed by atoms with Crippen LogP contribution in [0, 0.1) is 24.5 Å². The summed E-state index contributed by atoms with van der Waals surface area (Å²) < 4.78 is 31.6. The van der Waals surface area contributed by atoms with Gasteiger partial charge in [0.15, 0.2) is 11.6 Å². The lowest BCUT2D eigenvalue weighted by Crippen LogP contribution is -2.18. The Labute approximate surface area is 208 Å². The molecule has 0 amide bonds. The second-order valence-corrected chi connectivity index (χ2v) is 9.70. The highest BCUT2D eigenvalue weighted by molar-refractivity contribution is 5.83. The maximum atomic E-state index is 14.9. The van der Waals surface area contributed by atoms with Gasteiger partial charge in [-0.1, -0.05) is 6.07 Å². The van der Waals surface area contributed by atoms with E-state index in [1.165, 1.54) is 6.07 Å². The van der Waals surface area contributed by atoms with Crippen LogP contribution in [-0.4, -0.2) is 54.6 Å². The highest BCUT2D eigenvalue weighted by atomic mass is 19.1. The van der Waals surface area contributed by atoms with Gasteiger partial charge < -0.3 is 19.9 Å². The maximum Gasteiger partial charge on any atom is 0.229 e. The van der Waals surface area contributed by atoms with Gasteiger partial charge in [-0.3, -0.25) is 0 Å². The van der Waals surface area contributed by atoms with Gasteiger partial charge in [-0.05, 0) is 64.5 Å². The molecule has 1 aromatic carbocycles. The summed E-state index contributed by atoms with van der Waals surface area (Å²) in [5, 5.41) is 13.6. The van der Waals surface area contributed by atoms with E-state index in [1.54, 1.807) is 18.3 Å². The molecule has 188 valence electrons. The number of benzene rings is 1. The summed E-state index contributed by atoms with van der Waals surface area (Å²) in [7, 11) is 2.04. The van der Waals surface area contributed by atoms with Gasteiger partial charge in [0.25, 0.3) is 0 Å². The first-order chi connectivity index (χ1) is 17.2. The molecule has 0 bridgehead atoms. The quantitative estimate of drug-likeness (QED) is 0.399. The Hall–Kier alpha value is -3.50. The van der Waals surface area contributed by atoms with Gasteiger partial charge in [-0.15, -0.1) is 0 Å². The highest BCUT2D eigenvalue weighted by Crippen LogP contribution is 2.31. The summed E-state index contributed by atoms with van der Waals surface area (Å²) in [6.45, 7) is 7.59. The van der Waals surface area contributed by atoms with Crippen molar-refractivity contribution >= 4 is 22.8 Å². The molecule has 1 fully saturated rings. The molecular formula is C26H29F2N7O. The lowest BCUT2D eigenvalue weighted by Gasteiger charge is -2.18. The van der Waals surface area contributed by atoms with Crippen LogP contribution in [0.25, 0.3) is 22.3 Å². The predicted molar refractivity (Wildman–Crippen MR) is 134 cm³/mol. The second kappa shape index (κ2) is 9.51. The third-order valence-electron chi connectivity index (χ3n) is 6.70. The standard InChI is InChI=1S/C26H29F2N7O/c1-14(2)35-15(3)31-24-19(27)9-18(10-21(24)35)23-20(28)12-30-26(33-23)32-22-6-5-16(11-29-22)25(36)17-7-8-34(4)13-17/h5-6,9-12,14,17,25,36H,7-8,13H2,1-4H3,(H,29,30,32,33)/t17-,25-/m0/s1. The van der Waals surface area contributed by atoms with Crippen LogP contribution in [-0.2, 0) is 0 Å². The van der Waals surface area contributed by atoms with Crippen LogP contribution in [0.2, 0.25) is 0 Å². The van der Waals surface area contributed by atoms with E-state index in [9.17, 15) is 13.9 Å². The van der Waals surface area contributed by atoms with Crippen molar-refractivity contribution in [3.05, 3.63) is 59.7 Å². The topological polar surface area (TPSA) is 92.0 Å². The minimum absolute atomic E-state index is 0.0279. The molecule has 0 unspecified atom stereocenters. The maximum absolute atomic E-state index is 14.9. The average molecular weight is 494 g/mol. The van der Waals surface area contributed by atoms with E-state index in [0.29, 0.717) is 17.2 Å². The summed E-state index contributed by atoms with van der Waals surface area (Å²) in [6, 6.07) is 6.52. The molecular weight excluding hydrogens is 464 g/mol. The molecule has 36 heavy (non-hydrogen) atoms. The van der Waals surface area contributed by atoms with Gasteiger partial charge in [0.2, 0.25) is 5.95 Å². The minimum Gasteiger partial charge on any atom is -0.388 e. The number of nitrogens with one attached hydrogen (secondary N) is 1. The third kappa shape index (κ3) is 4.54. The van der Waals surface area contributed by atoms with Crippen molar-refractivity contribution in [3.8, 4) is 11.3 Å². The Morgan fingerprint density at radius 2 is 1.89 bits per heavy atom. The Kier molecular flexibility index (Phi) is 6.40. The van der Waals surface area contributed by atoms with Crippen LogP contribution in [0.1, 0.15) is 43.8 Å². The van der Waals surface area contributed by atoms with Crippen molar-refractivity contribution in [1.82, 2.24) is 29.4 Å². The zero-order valence-electron chi connectivity index (χ0n) is 20.7. The molecule has 4 aromatic rings. The molecule has 4 heterocycles. The highest BCUT2D eigenvalue weighted by Gasteiger charge is 2.27. The number of pyridine rings is 1. The number of hydrogen-bond donors (Lipinski definition) is 2. The van der Waals surface area contributed by atoms with Gasteiger partial charge in [-0.25, -0.2) is 28.7 Å². The van der Waals surface area contributed by atoms with Crippen molar-refractivity contribution < 1.29 is 13.9 Å². The molecule has 0 radical (unpaired) electrons. The van der Waals surface area contributed by atoms with E-state index in [1.807, 2.05) is 38.5 Å². The van der Waals surface area contributed by atoms with Gasteiger partial charge in [-0.2, -0.15) is 0 Å². The smallest absolute Gasteiger partial charge is 0.229 e. The van der Waals surface area contributed by atoms with Crippen molar-refractivity contribution in [2.24, 2.45) is 5.92 Å². The molecule has 2 N–H and O–H groups in total. The molecule has 0 spiro atoms. The Bertz CT molecular complexity index is 1400. The van der Waals surface area contributed by atoms with Crippen molar-refractivity contribution in [3.63, 3.8) is 0 Å². The molecule has 3 aromatic heterocycles. The fourth-order valence-electron chi connectivity index (χ4n) is 4.95. The Morgan fingerprint density at radius 3 is 2.56 bits per heavy atom. The van der Waals surface area contributed by atoms with Gasteiger partial charge in [0.05, 0.1) is 17.8 Å². The van der Waals surface area contributed by atoms with Crippen LogP contribution >= 0.6 is 0 Å². The molecule has 5 rings (SSSR count). The van der Waals surface area contributed by atoms with Gasteiger partial charge in [0, 0.05) is 30.3 Å². The fourth-order valence-corrected chi connectivity index (χ4v) is 4.95. The Balaban J connectivity index is 1.41. The number of imidazole rings is 1. The third-order valence-corrected chi connectivity index (χ3v) is 6.70. The summed E-state index contributed by atoms with van der Waals surface area (Å²) >= 11 is 0. The van der Waals surface area contributed by atoms with Crippen molar-refractivity contribution in [2.45, 2.75) is 39.3 Å². The van der Waals surface area contributed by atoms with E-state index in [0.717, 1.165) is 31.3 Å². The molecule has 1 aliphatic heterocycles. The number of aliphatic hydroxyl groups excluding tert-OH is 1. The monoisotopic (exact) mass is 493 g/mol. The number of halogens is 2. The largest absolute Gasteiger partial charge is 0.388 e. The second-order valence-electron chi connectivity index (χ2n) is 9.70. The molecule has 0 aliphatic carbocycles. The molecule has 2 atom stereocenters. The number of anilines is 2.